The van der Waals surface area contributed by atoms with Crippen molar-refractivity contribution in [2.75, 3.05) is 0 Å². The molecule has 3 saturated carbocycles. The lowest BCUT2D eigenvalue weighted by Crippen LogP contribution is -2.52. The molecule has 0 N–H and O–H groups in total. The molecule has 3 aliphatic carbocycles. The first-order chi connectivity index (χ1) is 9.88. The van der Waals surface area contributed by atoms with Gasteiger partial charge in [0, 0.05) is 5.92 Å². The van der Waals surface area contributed by atoms with Gasteiger partial charge in [-0.25, -0.2) is 0 Å². The second-order valence-electron chi connectivity index (χ2n) is 9.43. The van der Waals surface area contributed by atoms with Gasteiger partial charge < -0.3 is 4.79 Å². The van der Waals surface area contributed by atoms with Crippen molar-refractivity contribution in [2.45, 2.75) is 79.1 Å². The Bertz CT molecular complexity index is 399. The van der Waals surface area contributed by atoms with Crippen molar-refractivity contribution >= 4 is 6.29 Å². The first kappa shape index (κ1) is 15.6. The van der Waals surface area contributed by atoms with Crippen LogP contribution in [0.1, 0.15) is 79.1 Å². The summed E-state index contributed by atoms with van der Waals surface area (Å²) in [5.41, 5.74) is 1.06. The third kappa shape index (κ3) is 2.49. The van der Waals surface area contributed by atoms with E-state index in [1.165, 1.54) is 44.8 Å². The number of carbonyl (C=O) groups is 1. The summed E-state index contributed by atoms with van der Waals surface area (Å²) in [5.74, 6) is 3.74. The van der Waals surface area contributed by atoms with Crippen LogP contribution in [-0.2, 0) is 4.79 Å². The van der Waals surface area contributed by atoms with E-state index in [0.717, 1.165) is 36.5 Å². The number of carbonyl (C=O) groups excluding carboxylic acids is 1. The van der Waals surface area contributed by atoms with Crippen LogP contribution in [0.15, 0.2) is 0 Å². The van der Waals surface area contributed by atoms with Crippen LogP contribution in [-0.4, -0.2) is 6.29 Å². The lowest BCUT2D eigenvalue weighted by atomic mass is 9.45. The Morgan fingerprint density at radius 1 is 1.00 bits per heavy atom. The van der Waals surface area contributed by atoms with Gasteiger partial charge in [-0.3, -0.25) is 0 Å². The molecular weight excluding hydrogens is 256 g/mol. The van der Waals surface area contributed by atoms with E-state index < -0.39 is 0 Å². The Labute approximate surface area is 131 Å². The number of hydrogen-bond donors (Lipinski definition) is 0. The average Bonchev–Trinajstić information content (AvgIpc) is 2.58. The summed E-state index contributed by atoms with van der Waals surface area (Å²) < 4.78 is 0. The molecule has 0 amide bonds. The molecule has 0 saturated heterocycles. The Kier molecular flexibility index (Phi) is 3.99. The fraction of sp³-hybridized carbons (Fsp3) is 0.950. The van der Waals surface area contributed by atoms with Gasteiger partial charge in [-0.05, 0) is 79.4 Å². The molecular formula is C20H34O. The first-order valence-electron chi connectivity index (χ1n) is 9.34. The third-order valence-electron chi connectivity index (χ3n) is 7.87. The van der Waals surface area contributed by atoms with E-state index >= 15 is 0 Å². The van der Waals surface area contributed by atoms with Crippen LogP contribution in [0.3, 0.4) is 0 Å². The van der Waals surface area contributed by atoms with Crippen molar-refractivity contribution in [1.29, 1.82) is 0 Å². The van der Waals surface area contributed by atoms with Crippen molar-refractivity contribution in [2.24, 2.45) is 40.4 Å². The van der Waals surface area contributed by atoms with E-state index in [4.69, 9.17) is 0 Å². The highest BCUT2D eigenvalue weighted by Gasteiger charge is 2.55. The standard InChI is InChI=1S/C20H34O/c1-14-12-15(13-21)6-8-17-16(14)7-9-18-19(2,3)10-5-11-20(17,18)4/h13-18H,5-12H2,1-4H3. The van der Waals surface area contributed by atoms with Gasteiger partial charge in [-0.15, -0.1) is 0 Å². The van der Waals surface area contributed by atoms with Crippen LogP contribution >= 0.6 is 0 Å². The fourth-order valence-electron chi connectivity index (χ4n) is 6.89. The molecule has 3 fully saturated rings. The molecule has 0 aromatic heterocycles. The lowest BCUT2D eigenvalue weighted by Gasteiger charge is -2.60. The topological polar surface area (TPSA) is 17.1 Å². The number of aldehydes is 1. The molecule has 120 valence electrons. The summed E-state index contributed by atoms with van der Waals surface area (Å²) in [5, 5.41) is 0. The Morgan fingerprint density at radius 3 is 2.48 bits per heavy atom. The Balaban J connectivity index is 1.91. The molecule has 1 nitrogen and oxygen atoms in total. The maximum atomic E-state index is 11.3. The molecule has 0 radical (unpaired) electrons. The predicted molar refractivity (Wildman–Crippen MR) is 88.0 cm³/mol. The van der Waals surface area contributed by atoms with Crippen molar-refractivity contribution in [1.82, 2.24) is 0 Å². The van der Waals surface area contributed by atoms with E-state index in [9.17, 15) is 4.79 Å². The zero-order chi connectivity index (χ0) is 15.3. The zero-order valence-electron chi connectivity index (χ0n) is 14.5. The summed E-state index contributed by atoms with van der Waals surface area (Å²) in [7, 11) is 0. The van der Waals surface area contributed by atoms with Crippen molar-refractivity contribution in [3.05, 3.63) is 0 Å². The summed E-state index contributed by atoms with van der Waals surface area (Å²) in [4.78, 5) is 11.3. The minimum atomic E-state index is 0.337. The molecule has 0 spiro atoms. The van der Waals surface area contributed by atoms with E-state index in [1.54, 1.807) is 0 Å². The molecule has 6 atom stereocenters. The zero-order valence-corrected chi connectivity index (χ0v) is 14.5. The summed E-state index contributed by atoms with van der Waals surface area (Å²) >= 11 is 0. The number of hydrogen-bond acceptors (Lipinski definition) is 1. The second kappa shape index (κ2) is 5.39. The SMILES string of the molecule is CC1CC(C=O)CCC2C1CCC1C(C)(C)CCCC21C. The van der Waals surface area contributed by atoms with Crippen LogP contribution in [0.25, 0.3) is 0 Å². The van der Waals surface area contributed by atoms with Crippen LogP contribution in [0, 0.1) is 40.4 Å². The van der Waals surface area contributed by atoms with Gasteiger partial charge in [0.25, 0.3) is 0 Å². The molecule has 0 heterocycles. The number of rotatable bonds is 1. The predicted octanol–water partition coefficient (Wildman–Crippen LogP) is 5.48. The molecule has 0 aliphatic heterocycles. The highest BCUT2D eigenvalue weighted by atomic mass is 16.1. The molecule has 0 bridgehead atoms. The quantitative estimate of drug-likeness (QED) is 0.584. The first-order valence-corrected chi connectivity index (χ1v) is 9.34. The van der Waals surface area contributed by atoms with Crippen LogP contribution in [0.4, 0.5) is 0 Å². The maximum Gasteiger partial charge on any atom is 0.123 e. The van der Waals surface area contributed by atoms with E-state index in [1.807, 2.05) is 0 Å². The molecule has 3 rings (SSSR count). The minimum Gasteiger partial charge on any atom is -0.303 e. The molecule has 3 aliphatic rings. The summed E-state index contributed by atoms with van der Waals surface area (Å²) in [6.45, 7) is 10.1. The highest BCUT2D eigenvalue weighted by Crippen LogP contribution is 2.64. The summed E-state index contributed by atoms with van der Waals surface area (Å²) in [6, 6.07) is 0. The van der Waals surface area contributed by atoms with Gasteiger partial charge in [0.05, 0.1) is 0 Å². The van der Waals surface area contributed by atoms with E-state index in [2.05, 4.69) is 27.7 Å². The van der Waals surface area contributed by atoms with Gasteiger partial charge in [-0.1, -0.05) is 34.1 Å². The molecule has 1 heteroatoms. The van der Waals surface area contributed by atoms with Gasteiger partial charge in [0.1, 0.15) is 6.29 Å². The van der Waals surface area contributed by atoms with Gasteiger partial charge >= 0.3 is 0 Å². The molecule has 6 unspecified atom stereocenters. The van der Waals surface area contributed by atoms with Crippen molar-refractivity contribution < 1.29 is 4.79 Å². The van der Waals surface area contributed by atoms with Crippen molar-refractivity contribution in [3.63, 3.8) is 0 Å². The molecule has 21 heavy (non-hydrogen) atoms. The maximum absolute atomic E-state index is 11.3. The van der Waals surface area contributed by atoms with E-state index in [-0.39, 0.29) is 0 Å². The van der Waals surface area contributed by atoms with Crippen molar-refractivity contribution in [3.8, 4) is 0 Å². The monoisotopic (exact) mass is 290 g/mol. The third-order valence-corrected chi connectivity index (χ3v) is 7.87. The Hall–Kier alpha value is -0.330. The normalized spacial score (nSPS) is 49.6. The fourth-order valence-corrected chi connectivity index (χ4v) is 6.89. The number of fused-ring (bicyclic) bond motifs is 3. The highest BCUT2D eigenvalue weighted by molar-refractivity contribution is 5.53. The van der Waals surface area contributed by atoms with Crippen LogP contribution in [0.2, 0.25) is 0 Å². The van der Waals surface area contributed by atoms with Crippen LogP contribution < -0.4 is 0 Å². The van der Waals surface area contributed by atoms with Gasteiger partial charge in [-0.2, -0.15) is 0 Å². The second-order valence-corrected chi connectivity index (χ2v) is 9.43. The summed E-state index contributed by atoms with van der Waals surface area (Å²) in [6.07, 6.45) is 12.0. The van der Waals surface area contributed by atoms with Crippen LogP contribution in [0.5, 0.6) is 0 Å². The average molecular weight is 290 g/mol. The molecule has 0 aromatic rings. The lowest BCUT2D eigenvalue weighted by molar-refractivity contribution is -0.111. The van der Waals surface area contributed by atoms with Gasteiger partial charge in [0.2, 0.25) is 0 Å². The minimum absolute atomic E-state index is 0.337. The Morgan fingerprint density at radius 2 is 1.76 bits per heavy atom. The largest absolute Gasteiger partial charge is 0.303 e. The van der Waals surface area contributed by atoms with E-state index in [0.29, 0.717) is 16.7 Å². The smallest absolute Gasteiger partial charge is 0.123 e. The molecule has 0 aromatic carbocycles. The van der Waals surface area contributed by atoms with Gasteiger partial charge in [0.15, 0.2) is 0 Å².